The van der Waals surface area contributed by atoms with Crippen molar-refractivity contribution in [3.05, 3.63) is 53.6 Å². The normalized spacial score (nSPS) is 14.1. The molecule has 3 amide bonds. The molecule has 2 aromatic rings. The van der Waals surface area contributed by atoms with Crippen molar-refractivity contribution in [3.8, 4) is 0 Å². The van der Waals surface area contributed by atoms with Gasteiger partial charge in [0.1, 0.15) is 0 Å². The first-order valence-corrected chi connectivity index (χ1v) is 8.86. The van der Waals surface area contributed by atoms with E-state index in [1.54, 1.807) is 24.0 Å². The molecule has 0 saturated carbocycles. The molecule has 0 aromatic heterocycles. The van der Waals surface area contributed by atoms with Crippen molar-refractivity contribution in [2.75, 3.05) is 22.1 Å². The lowest BCUT2D eigenvalue weighted by Crippen LogP contribution is -2.30. The number of halogens is 3. The minimum absolute atomic E-state index is 0.0209. The van der Waals surface area contributed by atoms with E-state index in [9.17, 15) is 27.6 Å². The Morgan fingerprint density at radius 3 is 2.34 bits per heavy atom. The van der Waals surface area contributed by atoms with Crippen molar-refractivity contribution in [3.63, 3.8) is 0 Å². The fourth-order valence-corrected chi connectivity index (χ4v) is 3.15. The molecule has 0 aliphatic carbocycles. The average Bonchev–Trinajstić information content (AvgIpc) is 3.07. The number of nitrogens with one attached hydrogen (secondary N) is 2. The molecule has 1 fully saturated rings. The van der Waals surface area contributed by atoms with Gasteiger partial charge in [-0.15, -0.1) is 0 Å². The maximum absolute atomic E-state index is 13.0. The van der Waals surface area contributed by atoms with Crippen molar-refractivity contribution in [2.24, 2.45) is 0 Å². The van der Waals surface area contributed by atoms with Gasteiger partial charge in [0.25, 0.3) is 0 Å². The molecule has 0 spiro atoms. The van der Waals surface area contributed by atoms with Gasteiger partial charge in [-0.2, -0.15) is 13.2 Å². The van der Waals surface area contributed by atoms with Crippen LogP contribution in [0.25, 0.3) is 0 Å². The minimum atomic E-state index is -4.67. The summed E-state index contributed by atoms with van der Waals surface area (Å²) in [5.41, 5.74) is 0.188. The third-order valence-corrected chi connectivity index (χ3v) is 4.51. The molecule has 6 nitrogen and oxygen atoms in total. The third kappa shape index (κ3) is 4.56. The summed E-state index contributed by atoms with van der Waals surface area (Å²) in [7, 11) is 0. The predicted molar refractivity (Wildman–Crippen MR) is 101 cm³/mol. The lowest BCUT2D eigenvalue weighted by Gasteiger charge is -2.19. The Kier molecular flexibility index (Phi) is 5.58. The number of alkyl halides is 3. The largest absolute Gasteiger partial charge is 0.418 e. The number of hydrogen-bond donors (Lipinski definition) is 2. The predicted octanol–water partition coefficient (Wildman–Crippen LogP) is 3.72. The SMILES string of the molecule is Cc1cc(NC(=O)C(=O)Nc2ccccc2C(F)(F)F)ccc1N1CCCC1=O. The number of para-hydroxylation sites is 1. The molecule has 0 atom stereocenters. The van der Waals surface area contributed by atoms with Crippen molar-refractivity contribution < 1.29 is 27.6 Å². The van der Waals surface area contributed by atoms with Gasteiger partial charge in [0.05, 0.1) is 11.3 Å². The van der Waals surface area contributed by atoms with E-state index in [0.29, 0.717) is 24.3 Å². The fraction of sp³-hybridized carbons (Fsp3) is 0.250. The van der Waals surface area contributed by atoms with Gasteiger partial charge in [-0.1, -0.05) is 12.1 Å². The summed E-state index contributed by atoms with van der Waals surface area (Å²) in [5.74, 6) is -2.31. The summed E-state index contributed by atoms with van der Waals surface area (Å²) >= 11 is 0. The molecule has 1 heterocycles. The molecule has 1 aliphatic heterocycles. The molecule has 0 unspecified atom stereocenters. The molecule has 1 saturated heterocycles. The maximum atomic E-state index is 13.0. The number of hydrogen-bond acceptors (Lipinski definition) is 3. The highest BCUT2D eigenvalue weighted by molar-refractivity contribution is 6.43. The highest BCUT2D eigenvalue weighted by Crippen LogP contribution is 2.34. The molecule has 29 heavy (non-hydrogen) atoms. The van der Waals surface area contributed by atoms with E-state index >= 15 is 0 Å². The fourth-order valence-electron chi connectivity index (χ4n) is 3.15. The Labute approximate surface area is 164 Å². The first-order valence-electron chi connectivity index (χ1n) is 8.86. The van der Waals surface area contributed by atoms with Gasteiger partial charge in [0, 0.05) is 24.3 Å². The molecule has 9 heteroatoms. The van der Waals surface area contributed by atoms with E-state index in [1.807, 2.05) is 5.32 Å². The zero-order chi connectivity index (χ0) is 21.2. The number of carbonyl (C=O) groups excluding carboxylic acids is 3. The molecule has 2 N–H and O–H groups in total. The van der Waals surface area contributed by atoms with Crippen molar-refractivity contribution >= 4 is 34.8 Å². The highest BCUT2D eigenvalue weighted by Gasteiger charge is 2.34. The highest BCUT2D eigenvalue weighted by atomic mass is 19.4. The van der Waals surface area contributed by atoms with Crippen LogP contribution in [0.3, 0.4) is 0 Å². The molecule has 2 aromatic carbocycles. The van der Waals surface area contributed by atoms with E-state index in [1.165, 1.54) is 18.2 Å². The van der Waals surface area contributed by atoms with E-state index in [-0.39, 0.29) is 5.91 Å². The molecule has 0 bridgehead atoms. The van der Waals surface area contributed by atoms with Gasteiger partial charge >= 0.3 is 18.0 Å². The quantitative estimate of drug-likeness (QED) is 0.764. The van der Waals surface area contributed by atoms with E-state index in [2.05, 4.69) is 5.32 Å². The van der Waals surface area contributed by atoms with Crippen LogP contribution in [0.4, 0.5) is 30.2 Å². The lowest BCUT2D eigenvalue weighted by atomic mass is 10.1. The summed E-state index contributed by atoms with van der Waals surface area (Å²) in [5, 5.41) is 4.34. The zero-order valence-corrected chi connectivity index (χ0v) is 15.5. The number of benzene rings is 2. The van der Waals surface area contributed by atoms with Crippen LogP contribution in [0, 0.1) is 6.92 Å². The van der Waals surface area contributed by atoms with Crippen LogP contribution >= 0.6 is 0 Å². The summed E-state index contributed by atoms with van der Waals surface area (Å²) < 4.78 is 39.0. The minimum Gasteiger partial charge on any atom is -0.318 e. The summed E-state index contributed by atoms with van der Waals surface area (Å²) in [6.45, 7) is 2.38. The topological polar surface area (TPSA) is 78.5 Å². The van der Waals surface area contributed by atoms with Crippen LogP contribution in [-0.2, 0) is 20.6 Å². The van der Waals surface area contributed by atoms with Gasteiger partial charge in [-0.3, -0.25) is 14.4 Å². The van der Waals surface area contributed by atoms with Crippen LogP contribution in [0.2, 0.25) is 0 Å². The monoisotopic (exact) mass is 405 g/mol. The Bertz CT molecular complexity index is 973. The van der Waals surface area contributed by atoms with Crippen molar-refractivity contribution in [2.45, 2.75) is 25.9 Å². The van der Waals surface area contributed by atoms with Crippen LogP contribution < -0.4 is 15.5 Å². The average molecular weight is 405 g/mol. The smallest absolute Gasteiger partial charge is 0.318 e. The maximum Gasteiger partial charge on any atom is 0.418 e. The Hall–Kier alpha value is -3.36. The standard InChI is InChI=1S/C20H18F3N3O3/c1-12-11-13(8-9-16(12)26-10-4-7-17(26)27)24-18(28)19(29)25-15-6-3-2-5-14(15)20(21,22)23/h2-3,5-6,8-9,11H,4,7,10H2,1H3,(H,24,28)(H,25,29). The second-order valence-corrected chi connectivity index (χ2v) is 6.60. The Morgan fingerprint density at radius 2 is 1.72 bits per heavy atom. The number of anilines is 3. The summed E-state index contributed by atoms with van der Waals surface area (Å²) in [6, 6.07) is 9.18. The molecular weight excluding hydrogens is 387 g/mol. The molecule has 1 aliphatic rings. The van der Waals surface area contributed by atoms with E-state index in [0.717, 1.165) is 24.1 Å². The van der Waals surface area contributed by atoms with Gasteiger partial charge in [-0.25, -0.2) is 0 Å². The van der Waals surface area contributed by atoms with Gasteiger partial charge in [0.2, 0.25) is 5.91 Å². The zero-order valence-electron chi connectivity index (χ0n) is 15.5. The number of aryl methyl sites for hydroxylation is 1. The Balaban J connectivity index is 1.70. The number of amides is 3. The number of rotatable bonds is 3. The van der Waals surface area contributed by atoms with Crippen molar-refractivity contribution in [1.29, 1.82) is 0 Å². The first-order chi connectivity index (χ1) is 13.7. The van der Waals surface area contributed by atoms with Gasteiger partial charge < -0.3 is 15.5 Å². The van der Waals surface area contributed by atoms with Crippen LogP contribution in [0.15, 0.2) is 42.5 Å². The number of nitrogens with zero attached hydrogens (tertiary/aromatic N) is 1. The lowest BCUT2D eigenvalue weighted by molar-refractivity contribution is -0.137. The van der Waals surface area contributed by atoms with Gasteiger partial charge in [-0.05, 0) is 49.2 Å². The summed E-state index contributed by atoms with van der Waals surface area (Å²) in [6.07, 6.45) is -3.41. The summed E-state index contributed by atoms with van der Waals surface area (Å²) in [4.78, 5) is 37.7. The first kappa shape index (κ1) is 20.4. The molecule has 0 radical (unpaired) electrons. The number of carbonyl (C=O) groups is 3. The second-order valence-electron chi connectivity index (χ2n) is 6.60. The van der Waals surface area contributed by atoms with Crippen molar-refractivity contribution in [1.82, 2.24) is 0 Å². The second kappa shape index (κ2) is 7.94. The third-order valence-electron chi connectivity index (χ3n) is 4.51. The van der Waals surface area contributed by atoms with Crippen LogP contribution in [0.1, 0.15) is 24.0 Å². The van der Waals surface area contributed by atoms with Gasteiger partial charge in [0.15, 0.2) is 0 Å². The molecular formula is C20H18F3N3O3. The molecule has 152 valence electrons. The van der Waals surface area contributed by atoms with Crippen LogP contribution in [0.5, 0.6) is 0 Å². The van der Waals surface area contributed by atoms with Crippen LogP contribution in [-0.4, -0.2) is 24.3 Å². The van der Waals surface area contributed by atoms with E-state index < -0.39 is 29.2 Å². The Morgan fingerprint density at radius 1 is 1.03 bits per heavy atom. The van der Waals surface area contributed by atoms with E-state index in [4.69, 9.17) is 0 Å². The molecule has 3 rings (SSSR count).